The van der Waals surface area contributed by atoms with Gasteiger partial charge in [0, 0.05) is 5.02 Å². The van der Waals surface area contributed by atoms with Crippen molar-refractivity contribution >= 4 is 45.6 Å². The summed E-state index contributed by atoms with van der Waals surface area (Å²) in [5, 5.41) is 3.57. The van der Waals surface area contributed by atoms with Gasteiger partial charge in [-0.05, 0) is 63.9 Å². The Balaban J connectivity index is 2.24. The second kappa shape index (κ2) is 9.21. The predicted octanol–water partition coefficient (Wildman–Crippen LogP) is 4.80. The molecule has 28 heavy (non-hydrogen) atoms. The van der Waals surface area contributed by atoms with Crippen molar-refractivity contribution in [2.75, 3.05) is 11.9 Å². The van der Waals surface area contributed by atoms with Gasteiger partial charge in [0.1, 0.15) is 10.8 Å². The van der Waals surface area contributed by atoms with E-state index in [0.717, 1.165) is 16.9 Å². The van der Waals surface area contributed by atoms with Crippen molar-refractivity contribution in [2.45, 2.75) is 40.7 Å². The van der Waals surface area contributed by atoms with E-state index < -0.39 is 18.0 Å². The second-order valence-corrected chi connectivity index (χ2v) is 7.63. The van der Waals surface area contributed by atoms with Crippen LogP contribution in [0.5, 0.6) is 5.75 Å². The third-order valence-corrected chi connectivity index (χ3v) is 5.73. The number of benzene rings is 1. The Morgan fingerprint density at radius 1 is 1.25 bits per heavy atom. The molecule has 0 radical (unpaired) electrons. The van der Waals surface area contributed by atoms with Gasteiger partial charge in [-0.25, -0.2) is 4.79 Å². The number of ether oxygens (including phenoxy) is 2. The van der Waals surface area contributed by atoms with Gasteiger partial charge in [0.15, 0.2) is 11.9 Å². The molecule has 6 nitrogen and oxygen atoms in total. The molecule has 0 saturated carbocycles. The largest absolute Gasteiger partial charge is 0.481 e. The lowest BCUT2D eigenvalue weighted by Gasteiger charge is -2.15. The molecule has 1 heterocycles. The zero-order valence-corrected chi connectivity index (χ0v) is 17.9. The highest BCUT2D eigenvalue weighted by atomic mass is 35.5. The van der Waals surface area contributed by atoms with E-state index in [1.807, 2.05) is 6.92 Å². The number of Topliss-reactive ketones (excluding diaryl/α,β-unsaturated/α-hetero) is 1. The van der Waals surface area contributed by atoms with Crippen LogP contribution in [0, 0.1) is 13.8 Å². The van der Waals surface area contributed by atoms with Crippen LogP contribution in [0.1, 0.15) is 51.9 Å². The molecule has 1 N–H and O–H groups in total. The average molecular weight is 424 g/mol. The third-order valence-electron chi connectivity index (χ3n) is 3.99. The van der Waals surface area contributed by atoms with Crippen molar-refractivity contribution in [1.82, 2.24) is 0 Å². The van der Waals surface area contributed by atoms with Gasteiger partial charge >= 0.3 is 5.97 Å². The molecule has 1 atom stereocenters. The van der Waals surface area contributed by atoms with Crippen molar-refractivity contribution in [2.24, 2.45) is 0 Å². The van der Waals surface area contributed by atoms with Crippen LogP contribution >= 0.6 is 22.9 Å². The molecule has 2 rings (SSSR count). The molecule has 1 unspecified atom stereocenters. The molecule has 0 aliphatic carbocycles. The SMILES string of the molecule is CCOC(=O)c1c(NC(=O)C(C)Oc2ccc(Cl)c(C)c2)sc(C(C)=O)c1C. The molecule has 2 aromatic rings. The van der Waals surface area contributed by atoms with Crippen LogP contribution < -0.4 is 10.1 Å². The first-order valence-corrected chi connectivity index (χ1v) is 9.90. The molecule has 8 heteroatoms. The van der Waals surface area contributed by atoms with E-state index in [9.17, 15) is 14.4 Å². The minimum absolute atomic E-state index is 0.186. The maximum Gasteiger partial charge on any atom is 0.341 e. The van der Waals surface area contributed by atoms with E-state index in [0.29, 0.717) is 21.2 Å². The molecule has 0 bridgehead atoms. The quantitative estimate of drug-likeness (QED) is 0.510. The number of rotatable bonds is 7. The number of amides is 1. The van der Waals surface area contributed by atoms with Gasteiger partial charge in [0.2, 0.25) is 0 Å². The summed E-state index contributed by atoms with van der Waals surface area (Å²) < 4.78 is 10.7. The lowest BCUT2D eigenvalue weighted by Crippen LogP contribution is -2.30. The molecule has 1 aromatic heterocycles. The molecule has 0 saturated heterocycles. The second-order valence-electron chi connectivity index (χ2n) is 6.20. The highest BCUT2D eigenvalue weighted by Gasteiger charge is 2.26. The van der Waals surface area contributed by atoms with E-state index in [1.165, 1.54) is 6.92 Å². The van der Waals surface area contributed by atoms with E-state index >= 15 is 0 Å². The van der Waals surface area contributed by atoms with Gasteiger partial charge in [0.05, 0.1) is 17.0 Å². The monoisotopic (exact) mass is 423 g/mol. The van der Waals surface area contributed by atoms with Crippen molar-refractivity contribution in [3.63, 3.8) is 0 Å². The van der Waals surface area contributed by atoms with Crippen molar-refractivity contribution < 1.29 is 23.9 Å². The summed E-state index contributed by atoms with van der Waals surface area (Å²) in [5.41, 5.74) is 1.52. The van der Waals surface area contributed by atoms with Gasteiger partial charge in [-0.3, -0.25) is 9.59 Å². The number of halogens is 1. The van der Waals surface area contributed by atoms with Crippen molar-refractivity contribution in [1.29, 1.82) is 0 Å². The molecule has 1 aromatic carbocycles. The summed E-state index contributed by atoms with van der Waals surface area (Å²) in [6.45, 7) is 8.37. The number of carbonyl (C=O) groups is 3. The van der Waals surface area contributed by atoms with Crippen LogP contribution in [-0.4, -0.2) is 30.4 Å². The number of nitrogens with one attached hydrogen (secondary N) is 1. The molecular formula is C20H22ClNO5S. The van der Waals surface area contributed by atoms with Crippen molar-refractivity contribution in [3.05, 3.63) is 44.8 Å². The van der Waals surface area contributed by atoms with Gasteiger partial charge in [0.25, 0.3) is 5.91 Å². The molecular weight excluding hydrogens is 402 g/mol. The minimum Gasteiger partial charge on any atom is -0.481 e. The maximum absolute atomic E-state index is 12.6. The molecule has 1 amide bonds. The number of hydrogen-bond donors (Lipinski definition) is 1. The number of hydrogen-bond acceptors (Lipinski definition) is 6. The Bertz CT molecular complexity index is 922. The van der Waals surface area contributed by atoms with Crippen LogP contribution in [0.25, 0.3) is 0 Å². The topological polar surface area (TPSA) is 81.7 Å². The lowest BCUT2D eigenvalue weighted by molar-refractivity contribution is -0.122. The summed E-state index contributed by atoms with van der Waals surface area (Å²) >= 11 is 7.05. The number of anilines is 1. The fraction of sp³-hybridized carbons (Fsp3) is 0.350. The summed E-state index contributed by atoms with van der Waals surface area (Å²) in [6, 6.07) is 5.10. The molecule has 0 spiro atoms. The zero-order valence-electron chi connectivity index (χ0n) is 16.3. The van der Waals surface area contributed by atoms with E-state index in [1.54, 1.807) is 39.0 Å². The normalized spacial score (nSPS) is 11.6. The average Bonchev–Trinajstić information content (AvgIpc) is 2.94. The summed E-state index contributed by atoms with van der Waals surface area (Å²) in [5.74, 6) is -0.716. The Labute approximate surface area is 172 Å². The van der Waals surface area contributed by atoms with E-state index in [2.05, 4.69) is 5.32 Å². The number of ketones is 1. The summed E-state index contributed by atoms with van der Waals surface area (Å²) in [7, 11) is 0. The van der Waals surface area contributed by atoms with Gasteiger partial charge in [-0.15, -0.1) is 11.3 Å². The minimum atomic E-state index is -0.834. The first-order chi connectivity index (χ1) is 13.1. The summed E-state index contributed by atoms with van der Waals surface area (Å²) in [6.07, 6.45) is -0.834. The van der Waals surface area contributed by atoms with Crippen LogP contribution in [0.4, 0.5) is 5.00 Å². The molecule has 0 aliphatic rings. The Morgan fingerprint density at radius 2 is 1.93 bits per heavy atom. The fourth-order valence-electron chi connectivity index (χ4n) is 2.55. The Hall–Kier alpha value is -2.38. The van der Waals surface area contributed by atoms with Crippen LogP contribution in [0.15, 0.2) is 18.2 Å². The highest BCUT2D eigenvalue weighted by molar-refractivity contribution is 7.18. The van der Waals surface area contributed by atoms with E-state index in [4.69, 9.17) is 21.1 Å². The highest BCUT2D eigenvalue weighted by Crippen LogP contribution is 2.34. The third kappa shape index (κ3) is 4.91. The molecule has 150 valence electrons. The van der Waals surface area contributed by atoms with E-state index in [-0.39, 0.29) is 23.0 Å². The fourth-order valence-corrected chi connectivity index (χ4v) is 3.76. The van der Waals surface area contributed by atoms with Crippen LogP contribution in [0.3, 0.4) is 0 Å². The standard InChI is InChI=1S/C20H22ClNO5S/c1-6-26-20(25)16-11(3)17(12(4)23)28-19(16)22-18(24)13(5)27-14-7-8-15(21)10(2)9-14/h7-9,13H,6H2,1-5H3,(H,22,24). The van der Waals surface area contributed by atoms with Gasteiger partial charge in [-0.2, -0.15) is 0 Å². The number of esters is 1. The van der Waals surface area contributed by atoms with Gasteiger partial charge in [-0.1, -0.05) is 11.6 Å². The maximum atomic E-state index is 12.6. The number of thiophene rings is 1. The molecule has 0 aliphatic heterocycles. The first-order valence-electron chi connectivity index (χ1n) is 8.70. The number of carbonyl (C=O) groups excluding carboxylic acids is 3. The lowest BCUT2D eigenvalue weighted by atomic mass is 10.1. The van der Waals surface area contributed by atoms with Crippen molar-refractivity contribution in [3.8, 4) is 5.75 Å². The smallest absolute Gasteiger partial charge is 0.341 e. The molecule has 0 fully saturated rings. The first kappa shape index (κ1) is 21.9. The summed E-state index contributed by atoms with van der Waals surface area (Å²) in [4.78, 5) is 37.2. The Morgan fingerprint density at radius 3 is 2.50 bits per heavy atom. The Kier molecular flexibility index (Phi) is 7.21. The number of aryl methyl sites for hydroxylation is 1. The van der Waals surface area contributed by atoms with Crippen LogP contribution in [-0.2, 0) is 9.53 Å². The zero-order chi connectivity index (χ0) is 21.0. The van der Waals surface area contributed by atoms with Crippen LogP contribution in [0.2, 0.25) is 5.02 Å². The predicted molar refractivity (Wildman–Crippen MR) is 110 cm³/mol. The van der Waals surface area contributed by atoms with Gasteiger partial charge < -0.3 is 14.8 Å².